The third kappa shape index (κ3) is 3.74. The third-order valence-electron chi connectivity index (χ3n) is 9.60. The molecule has 0 bridgehead atoms. The van der Waals surface area contributed by atoms with Crippen LogP contribution in [0.15, 0.2) is 158 Å². The number of rotatable bonds is 3. The summed E-state index contributed by atoms with van der Waals surface area (Å²) in [6, 6.07) is 57.7. The van der Waals surface area contributed by atoms with Crippen molar-refractivity contribution in [2.24, 2.45) is 0 Å². The van der Waals surface area contributed by atoms with Gasteiger partial charge < -0.3 is 4.98 Å². The van der Waals surface area contributed by atoms with Crippen LogP contribution in [0.3, 0.4) is 0 Å². The van der Waals surface area contributed by atoms with Gasteiger partial charge in [-0.1, -0.05) is 140 Å². The van der Waals surface area contributed by atoms with Gasteiger partial charge in [-0.2, -0.15) is 0 Å². The Hall–Kier alpha value is -5.70. The van der Waals surface area contributed by atoms with E-state index >= 15 is 0 Å². The maximum absolute atomic E-state index is 3.90. The highest BCUT2D eigenvalue weighted by Gasteiger charge is 2.16. The molecule has 2 heterocycles. The minimum atomic E-state index is 1.18. The molecule has 0 amide bonds. The molecule has 0 radical (unpaired) electrons. The predicted octanol–water partition coefficient (Wildman–Crippen LogP) is 13.0. The molecule has 0 saturated heterocycles. The van der Waals surface area contributed by atoms with Gasteiger partial charge in [0, 0.05) is 41.9 Å². The molecule has 1 nitrogen and oxygen atoms in total. The van der Waals surface area contributed by atoms with E-state index in [1.54, 1.807) is 0 Å². The van der Waals surface area contributed by atoms with Crippen molar-refractivity contribution in [3.05, 3.63) is 158 Å². The normalized spacial score (nSPS) is 11.9. The lowest BCUT2D eigenvalue weighted by Crippen LogP contribution is -1.85. The molecular formula is C44H27NS. The molecule has 0 aliphatic heterocycles. The summed E-state index contributed by atoms with van der Waals surface area (Å²) in [6.45, 7) is 0. The van der Waals surface area contributed by atoms with Gasteiger partial charge in [-0.25, -0.2) is 0 Å². The van der Waals surface area contributed by atoms with Crippen molar-refractivity contribution < 1.29 is 0 Å². The maximum Gasteiger partial charge on any atom is 0.0551 e. The smallest absolute Gasteiger partial charge is 0.0551 e. The lowest BCUT2D eigenvalue weighted by molar-refractivity contribution is 1.54. The summed E-state index contributed by atoms with van der Waals surface area (Å²) in [6.07, 6.45) is 0. The quantitative estimate of drug-likeness (QED) is 0.194. The van der Waals surface area contributed by atoms with Gasteiger partial charge in [-0.3, -0.25) is 0 Å². The van der Waals surface area contributed by atoms with Crippen molar-refractivity contribution in [2.45, 2.75) is 0 Å². The van der Waals surface area contributed by atoms with E-state index < -0.39 is 0 Å². The van der Waals surface area contributed by atoms with Crippen molar-refractivity contribution in [3.8, 4) is 33.4 Å². The summed E-state index contributed by atoms with van der Waals surface area (Å²) in [4.78, 5) is 3.90. The third-order valence-corrected chi connectivity index (χ3v) is 10.8. The SMILES string of the molecule is c1cc(-c2cccc(-c3cccc4c3sc3ccccc34)c2)cc(-c2cccc3c2[nH]c2c4ccccc4c4ccccc4c32)c1. The predicted molar refractivity (Wildman–Crippen MR) is 200 cm³/mol. The van der Waals surface area contributed by atoms with Crippen molar-refractivity contribution in [3.63, 3.8) is 0 Å². The molecule has 10 rings (SSSR count). The number of hydrogen-bond acceptors (Lipinski definition) is 1. The van der Waals surface area contributed by atoms with Gasteiger partial charge in [0.05, 0.1) is 11.0 Å². The van der Waals surface area contributed by atoms with Crippen molar-refractivity contribution in [2.75, 3.05) is 0 Å². The average Bonchev–Trinajstić information content (AvgIpc) is 3.71. The van der Waals surface area contributed by atoms with Crippen LogP contribution in [0.5, 0.6) is 0 Å². The minimum absolute atomic E-state index is 1.18. The van der Waals surface area contributed by atoms with Gasteiger partial charge in [0.2, 0.25) is 0 Å². The molecule has 0 aliphatic rings. The van der Waals surface area contributed by atoms with Crippen LogP contribution in [0.1, 0.15) is 0 Å². The molecule has 0 unspecified atom stereocenters. The summed E-state index contributed by atoms with van der Waals surface area (Å²) >= 11 is 1.88. The average molecular weight is 602 g/mol. The lowest BCUT2D eigenvalue weighted by Gasteiger charge is -2.10. The fourth-order valence-corrected chi connectivity index (χ4v) is 8.76. The Balaban J connectivity index is 1.14. The number of nitrogens with one attached hydrogen (secondary N) is 1. The van der Waals surface area contributed by atoms with E-state index in [9.17, 15) is 0 Å². The molecule has 0 aliphatic carbocycles. The fourth-order valence-electron chi connectivity index (χ4n) is 7.52. The largest absolute Gasteiger partial charge is 0.353 e. The van der Waals surface area contributed by atoms with Gasteiger partial charge in [0.1, 0.15) is 0 Å². The Bertz CT molecular complexity index is 2810. The Labute approximate surface area is 270 Å². The second kappa shape index (κ2) is 9.90. The van der Waals surface area contributed by atoms with Crippen LogP contribution in [-0.2, 0) is 0 Å². The molecule has 0 atom stereocenters. The van der Waals surface area contributed by atoms with Crippen molar-refractivity contribution in [1.82, 2.24) is 4.98 Å². The van der Waals surface area contributed by atoms with E-state index in [4.69, 9.17) is 0 Å². The molecule has 214 valence electrons. The molecular weight excluding hydrogens is 575 g/mol. The molecule has 0 fully saturated rings. The summed E-state index contributed by atoms with van der Waals surface area (Å²) in [5.41, 5.74) is 9.79. The van der Waals surface area contributed by atoms with Gasteiger partial charge in [-0.15, -0.1) is 11.3 Å². The van der Waals surface area contributed by atoms with Gasteiger partial charge in [0.25, 0.3) is 0 Å². The molecule has 10 aromatic rings. The highest BCUT2D eigenvalue weighted by molar-refractivity contribution is 7.26. The fraction of sp³-hybridized carbons (Fsp3) is 0. The highest BCUT2D eigenvalue weighted by atomic mass is 32.1. The van der Waals surface area contributed by atoms with E-state index in [-0.39, 0.29) is 0 Å². The van der Waals surface area contributed by atoms with Crippen LogP contribution in [0, 0.1) is 0 Å². The molecule has 46 heavy (non-hydrogen) atoms. The van der Waals surface area contributed by atoms with Crippen LogP contribution in [-0.4, -0.2) is 4.98 Å². The Morgan fingerprint density at radius 3 is 1.63 bits per heavy atom. The number of fused-ring (bicyclic) bond motifs is 11. The van der Waals surface area contributed by atoms with Gasteiger partial charge >= 0.3 is 0 Å². The Morgan fingerprint density at radius 2 is 0.870 bits per heavy atom. The summed E-state index contributed by atoms with van der Waals surface area (Å²) in [5, 5.41) is 10.4. The summed E-state index contributed by atoms with van der Waals surface area (Å²) in [7, 11) is 0. The van der Waals surface area contributed by atoms with E-state index in [2.05, 4.69) is 163 Å². The first-order chi connectivity index (χ1) is 22.8. The standard InChI is InChI=1S/C44H27NS/c1-3-18-36-33(15-1)34-16-2-4-19-37(34)43-41(36)39-23-9-20-31(42(39)45-43)29-13-7-11-27(25-29)28-12-8-14-30(26-28)32-21-10-22-38-35-17-5-6-24-40(35)46-44(32)38/h1-26,45H. The van der Waals surface area contributed by atoms with Crippen LogP contribution < -0.4 is 0 Å². The minimum Gasteiger partial charge on any atom is -0.353 e. The summed E-state index contributed by atoms with van der Waals surface area (Å²) < 4.78 is 2.68. The number of aromatic amines is 1. The molecule has 2 aromatic heterocycles. The number of thiophene rings is 1. The van der Waals surface area contributed by atoms with Crippen molar-refractivity contribution >= 4 is 74.9 Å². The van der Waals surface area contributed by atoms with Crippen LogP contribution in [0.4, 0.5) is 0 Å². The Morgan fingerprint density at radius 1 is 0.348 bits per heavy atom. The van der Waals surface area contributed by atoms with E-state index in [1.807, 2.05) is 11.3 Å². The highest BCUT2D eigenvalue weighted by Crippen LogP contribution is 2.43. The first-order valence-electron chi connectivity index (χ1n) is 15.8. The maximum atomic E-state index is 3.90. The second-order valence-corrected chi connectivity index (χ2v) is 13.2. The number of H-pyrrole nitrogens is 1. The first kappa shape index (κ1) is 25.6. The summed E-state index contributed by atoms with van der Waals surface area (Å²) in [5.74, 6) is 0. The topological polar surface area (TPSA) is 15.8 Å². The van der Waals surface area contributed by atoms with Gasteiger partial charge in [-0.05, 0) is 62.2 Å². The molecule has 0 saturated carbocycles. The van der Waals surface area contributed by atoms with Crippen LogP contribution >= 0.6 is 11.3 Å². The number of hydrogen-bond donors (Lipinski definition) is 1. The van der Waals surface area contributed by atoms with E-state index in [1.165, 1.54) is 96.9 Å². The number of benzene rings is 8. The monoisotopic (exact) mass is 601 g/mol. The van der Waals surface area contributed by atoms with Crippen LogP contribution in [0.2, 0.25) is 0 Å². The first-order valence-corrected chi connectivity index (χ1v) is 16.6. The number of aromatic nitrogens is 1. The lowest BCUT2D eigenvalue weighted by atomic mass is 9.94. The Kier molecular flexibility index (Phi) is 5.51. The molecule has 2 heteroatoms. The zero-order valence-corrected chi connectivity index (χ0v) is 25.7. The molecule has 1 N–H and O–H groups in total. The van der Waals surface area contributed by atoms with Crippen LogP contribution in [0.25, 0.3) is 96.9 Å². The second-order valence-electron chi connectivity index (χ2n) is 12.1. The molecule has 8 aromatic carbocycles. The van der Waals surface area contributed by atoms with Gasteiger partial charge in [0.15, 0.2) is 0 Å². The van der Waals surface area contributed by atoms with E-state index in [0.29, 0.717) is 0 Å². The molecule has 0 spiro atoms. The van der Waals surface area contributed by atoms with Crippen molar-refractivity contribution in [1.29, 1.82) is 0 Å². The zero-order valence-electron chi connectivity index (χ0n) is 24.9. The zero-order chi connectivity index (χ0) is 30.2. The number of para-hydroxylation sites is 1. The van der Waals surface area contributed by atoms with E-state index in [0.717, 1.165) is 0 Å².